The maximum absolute atomic E-state index is 12.8. The summed E-state index contributed by atoms with van der Waals surface area (Å²) in [5.41, 5.74) is 5.18. The number of hydrogen-bond acceptors (Lipinski definition) is 4. The van der Waals surface area contributed by atoms with E-state index in [9.17, 15) is 4.79 Å². The molecule has 0 fully saturated rings. The molecule has 3 rings (SSSR count). The predicted molar refractivity (Wildman–Crippen MR) is 115 cm³/mol. The summed E-state index contributed by atoms with van der Waals surface area (Å²) in [5.74, 6) is 0.274. The molecule has 0 aromatic heterocycles. The highest BCUT2D eigenvalue weighted by Crippen LogP contribution is 2.38. The summed E-state index contributed by atoms with van der Waals surface area (Å²) in [6.45, 7) is 5.94. The largest absolute Gasteiger partial charge is 0.496 e. The molecule has 0 saturated heterocycles. The third kappa shape index (κ3) is 3.47. The Kier molecular flexibility index (Phi) is 5.70. The van der Waals surface area contributed by atoms with Gasteiger partial charge in [-0.3, -0.25) is 4.90 Å². The second-order valence-corrected chi connectivity index (χ2v) is 7.13. The quantitative estimate of drug-likeness (QED) is 0.618. The average molecular weight is 397 g/mol. The topological polar surface area (TPSA) is 50.8 Å². The zero-order valence-corrected chi connectivity index (χ0v) is 17.5. The predicted octanol–water partition coefficient (Wildman–Crippen LogP) is 4.19. The maximum atomic E-state index is 12.8. The van der Waals surface area contributed by atoms with Crippen molar-refractivity contribution in [3.8, 4) is 5.75 Å². The highest BCUT2D eigenvalue weighted by Gasteiger charge is 2.36. The summed E-state index contributed by atoms with van der Waals surface area (Å²) in [6.07, 6.45) is 0. The van der Waals surface area contributed by atoms with Gasteiger partial charge in [0.25, 0.3) is 0 Å². The molecule has 1 N–H and O–H groups in total. The van der Waals surface area contributed by atoms with Gasteiger partial charge in [-0.1, -0.05) is 30.3 Å². The number of rotatable bonds is 4. The highest BCUT2D eigenvalue weighted by molar-refractivity contribution is 7.80. The van der Waals surface area contributed by atoms with Crippen molar-refractivity contribution in [3.63, 3.8) is 0 Å². The highest BCUT2D eigenvalue weighted by atomic mass is 32.1. The van der Waals surface area contributed by atoms with E-state index < -0.39 is 12.0 Å². The van der Waals surface area contributed by atoms with Crippen LogP contribution in [0.3, 0.4) is 0 Å². The SMILES string of the molecule is COC(=O)C1=C(C)N(c2cc(C)ccc2C)C(=S)NC1c1ccccc1OC. The lowest BCUT2D eigenvalue weighted by Gasteiger charge is -2.38. The van der Waals surface area contributed by atoms with Crippen LogP contribution in [0.1, 0.15) is 29.7 Å². The standard InChI is InChI=1S/C22H24N2O3S/c1-13-10-11-14(2)17(12-13)24-15(3)19(21(25)27-5)20(23-22(24)28)16-8-6-7-9-18(16)26-4/h6-12,20H,1-5H3,(H,23,28). The van der Waals surface area contributed by atoms with E-state index in [4.69, 9.17) is 21.7 Å². The fourth-order valence-corrected chi connectivity index (χ4v) is 3.86. The first-order valence-electron chi connectivity index (χ1n) is 8.99. The number of methoxy groups -OCH3 is 2. The van der Waals surface area contributed by atoms with Gasteiger partial charge in [-0.25, -0.2) is 4.79 Å². The molecule has 1 heterocycles. The van der Waals surface area contributed by atoms with Gasteiger partial charge in [0, 0.05) is 11.3 Å². The van der Waals surface area contributed by atoms with Crippen molar-refractivity contribution < 1.29 is 14.3 Å². The molecule has 28 heavy (non-hydrogen) atoms. The lowest BCUT2D eigenvalue weighted by Crippen LogP contribution is -2.48. The minimum absolute atomic E-state index is 0.404. The first kappa shape index (κ1) is 19.9. The number of hydrogen-bond donors (Lipinski definition) is 1. The minimum Gasteiger partial charge on any atom is -0.496 e. The minimum atomic E-state index is -0.461. The van der Waals surface area contributed by atoms with Crippen LogP contribution < -0.4 is 15.0 Å². The molecule has 0 saturated carbocycles. The fourth-order valence-electron chi connectivity index (χ4n) is 3.51. The number of para-hydroxylation sites is 1. The first-order chi connectivity index (χ1) is 13.4. The summed E-state index contributed by atoms with van der Waals surface area (Å²) in [7, 11) is 2.99. The molecular weight excluding hydrogens is 372 g/mol. The number of carbonyl (C=O) groups excluding carboxylic acids is 1. The molecule has 0 spiro atoms. The molecule has 2 aromatic rings. The Balaban J connectivity index is 2.21. The molecule has 0 bridgehead atoms. The van der Waals surface area contributed by atoms with E-state index in [1.807, 2.05) is 56.0 Å². The van der Waals surface area contributed by atoms with Crippen molar-refractivity contribution in [2.75, 3.05) is 19.1 Å². The van der Waals surface area contributed by atoms with Crippen LogP contribution in [0.5, 0.6) is 5.75 Å². The number of esters is 1. The van der Waals surface area contributed by atoms with Crippen molar-refractivity contribution in [3.05, 3.63) is 70.4 Å². The van der Waals surface area contributed by atoms with Gasteiger partial charge < -0.3 is 14.8 Å². The Morgan fingerprint density at radius 3 is 2.50 bits per heavy atom. The lowest BCUT2D eigenvalue weighted by atomic mass is 9.93. The van der Waals surface area contributed by atoms with Crippen LogP contribution in [-0.4, -0.2) is 25.3 Å². The van der Waals surface area contributed by atoms with Crippen LogP contribution in [-0.2, 0) is 9.53 Å². The maximum Gasteiger partial charge on any atom is 0.337 e. The van der Waals surface area contributed by atoms with Gasteiger partial charge in [-0.05, 0) is 56.2 Å². The number of nitrogens with one attached hydrogen (secondary N) is 1. The third-order valence-electron chi connectivity index (χ3n) is 4.95. The van der Waals surface area contributed by atoms with Gasteiger partial charge in [0.15, 0.2) is 5.11 Å². The molecule has 0 radical (unpaired) electrons. The normalized spacial score (nSPS) is 16.7. The molecule has 0 amide bonds. The van der Waals surface area contributed by atoms with Crippen molar-refractivity contribution in [2.24, 2.45) is 0 Å². The average Bonchev–Trinajstić information content (AvgIpc) is 2.69. The van der Waals surface area contributed by atoms with Gasteiger partial charge in [0.2, 0.25) is 0 Å². The number of benzene rings is 2. The molecule has 1 aliphatic rings. The molecule has 146 valence electrons. The van der Waals surface area contributed by atoms with Crippen LogP contribution in [0.4, 0.5) is 5.69 Å². The van der Waals surface area contributed by atoms with Crippen LogP contribution >= 0.6 is 12.2 Å². The number of ether oxygens (including phenoxy) is 2. The van der Waals surface area contributed by atoms with Gasteiger partial charge in [0.05, 0.1) is 31.5 Å². The van der Waals surface area contributed by atoms with Crippen LogP contribution in [0, 0.1) is 13.8 Å². The number of anilines is 1. The van der Waals surface area contributed by atoms with Gasteiger partial charge >= 0.3 is 5.97 Å². The number of aryl methyl sites for hydroxylation is 2. The molecular formula is C22H24N2O3S. The van der Waals surface area contributed by atoms with E-state index in [0.29, 0.717) is 16.4 Å². The monoisotopic (exact) mass is 396 g/mol. The first-order valence-corrected chi connectivity index (χ1v) is 9.39. The van der Waals surface area contributed by atoms with E-state index in [-0.39, 0.29) is 0 Å². The van der Waals surface area contributed by atoms with E-state index in [1.165, 1.54) is 7.11 Å². The zero-order chi connectivity index (χ0) is 20.4. The lowest BCUT2D eigenvalue weighted by molar-refractivity contribution is -0.136. The van der Waals surface area contributed by atoms with Crippen molar-refractivity contribution >= 4 is 29.0 Å². The van der Waals surface area contributed by atoms with Crippen molar-refractivity contribution in [2.45, 2.75) is 26.8 Å². The second-order valence-electron chi connectivity index (χ2n) is 6.74. The van der Waals surface area contributed by atoms with Crippen LogP contribution in [0.25, 0.3) is 0 Å². The van der Waals surface area contributed by atoms with Gasteiger partial charge in [-0.15, -0.1) is 0 Å². The molecule has 6 heteroatoms. The van der Waals surface area contributed by atoms with Crippen LogP contribution in [0.15, 0.2) is 53.7 Å². The van der Waals surface area contributed by atoms with E-state index >= 15 is 0 Å². The van der Waals surface area contributed by atoms with E-state index in [0.717, 1.165) is 28.1 Å². The Hall–Kier alpha value is -2.86. The Bertz CT molecular complexity index is 968. The summed E-state index contributed by atoms with van der Waals surface area (Å²) in [4.78, 5) is 14.7. The summed E-state index contributed by atoms with van der Waals surface area (Å²) in [6, 6.07) is 13.3. The molecule has 5 nitrogen and oxygen atoms in total. The van der Waals surface area contributed by atoms with Crippen molar-refractivity contribution in [1.29, 1.82) is 0 Å². The number of allylic oxidation sites excluding steroid dienone is 1. The fraction of sp³-hybridized carbons (Fsp3) is 0.273. The number of carbonyl (C=O) groups is 1. The Labute approximate surface area is 170 Å². The summed E-state index contributed by atoms with van der Waals surface area (Å²) < 4.78 is 10.6. The molecule has 1 unspecified atom stereocenters. The number of nitrogens with zero attached hydrogens (tertiary/aromatic N) is 1. The van der Waals surface area contributed by atoms with Gasteiger partial charge in [-0.2, -0.15) is 0 Å². The molecule has 2 aromatic carbocycles. The summed E-state index contributed by atoms with van der Waals surface area (Å²) >= 11 is 5.71. The smallest absolute Gasteiger partial charge is 0.337 e. The second kappa shape index (κ2) is 8.02. The van der Waals surface area contributed by atoms with E-state index in [1.54, 1.807) is 7.11 Å². The van der Waals surface area contributed by atoms with E-state index in [2.05, 4.69) is 17.4 Å². The molecule has 0 aliphatic carbocycles. The van der Waals surface area contributed by atoms with Gasteiger partial charge in [0.1, 0.15) is 5.75 Å². The number of thiocarbonyl (C=S) groups is 1. The zero-order valence-electron chi connectivity index (χ0n) is 16.7. The molecule has 1 aliphatic heterocycles. The Morgan fingerprint density at radius 1 is 1.11 bits per heavy atom. The third-order valence-corrected chi connectivity index (χ3v) is 5.25. The molecule has 1 atom stereocenters. The van der Waals surface area contributed by atoms with Crippen molar-refractivity contribution in [1.82, 2.24) is 5.32 Å². The summed E-state index contributed by atoms with van der Waals surface area (Å²) in [5, 5.41) is 3.84. The van der Waals surface area contributed by atoms with Crippen LogP contribution in [0.2, 0.25) is 0 Å². The Morgan fingerprint density at radius 2 is 1.82 bits per heavy atom.